The molecular formula is C19H27NO6. The molecule has 1 aliphatic rings. The van der Waals surface area contributed by atoms with Crippen molar-refractivity contribution in [1.29, 1.82) is 0 Å². The minimum atomic E-state index is -0.749. The van der Waals surface area contributed by atoms with E-state index in [4.69, 9.17) is 18.9 Å². The summed E-state index contributed by atoms with van der Waals surface area (Å²) < 4.78 is 21.2. The van der Waals surface area contributed by atoms with E-state index in [0.717, 1.165) is 12.8 Å². The number of hydrogen-bond donors (Lipinski definition) is 1. The van der Waals surface area contributed by atoms with Gasteiger partial charge in [-0.3, -0.25) is 4.79 Å². The predicted octanol–water partition coefficient (Wildman–Crippen LogP) is 2.18. The van der Waals surface area contributed by atoms with Crippen molar-refractivity contribution in [3.8, 4) is 11.5 Å². The standard InChI is InChI=1S/C19H27NO6/c1-12(2)17(19(22)26-11-14-6-5-7-25-14)20-18(21)13-8-15(23-3)10-16(9-13)24-4/h8-10,12,14,17H,5-7,11H2,1-4H3,(H,20,21)/t14-,17+/m0/s1. The van der Waals surface area contributed by atoms with Gasteiger partial charge in [0, 0.05) is 18.2 Å². The number of benzene rings is 1. The molecule has 0 radical (unpaired) electrons. The number of ether oxygens (including phenoxy) is 4. The zero-order valence-electron chi connectivity index (χ0n) is 15.7. The minimum absolute atomic E-state index is 0.0508. The number of rotatable bonds is 8. The van der Waals surface area contributed by atoms with Gasteiger partial charge in [0.25, 0.3) is 5.91 Å². The van der Waals surface area contributed by atoms with Crippen molar-refractivity contribution in [1.82, 2.24) is 5.32 Å². The average Bonchev–Trinajstić information content (AvgIpc) is 3.16. The Hall–Kier alpha value is -2.28. The van der Waals surface area contributed by atoms with Crippen LogP contribution < -0.4 is 14.8 Å². The molecule has 0 bridgehead atoms. The Morgan fingerprint density at radius 2 is 1.85 bits per heavy atom. The highest BCUT2D eigenvalue weighted by Crippen LogP contribution is 2.22. The van der Waals surface area contributed by atoms with E-state index in [1.807, 2.05) is 13.8 Å². The number of esters is 1. The van der Waals surface area contributed by atoms with Gasteiger partial charge in [0.05, 0.1) is 20.3 Å². The van der Waals surface area contributed by atoms with Gasteiger partial charge in [-0.05, 0) is 30.9 Å². The molecule has 0 aliphatic carbocycles. The maximum absolute atomic E-state index is 12.6. The van der Waals surface area contributed by atoms with E-state index < -0.39 is 17.9 Å². The Bertz CT molecular complexity index is 602. The molecule has 26 heavy (non-hydrogen) atoms. The third-order valence-corrected chi connectivity index (χ3v) is 4.26. The second kappa shape index (κ2) is 9.43. The smallest absolute Gasteiger partial charge is 0.329 e. The van der Waals surface area contributed by atoms with Crippen LogP contribution in [0.25, 0.3) is 0 Å². The van der Waals surface area contributed by atoms with Crippen LogP contribution in [0.2, 0.25) is 0 Å². The Morgan fingerprint density at radius 1 is 1.19 bits per heavy atom. The monoisotopic (exact) mass is 365 g/mol. The second-order valence-electron chi connectivity index (χ2n) is 6.56. The van der Waals surface area contributed by atoms with Gasteiger partial charge in [0.2, 0.25) is 0 Å². The van der Waals surface area contributed by atoms with Crippen LogP contribution in [-0.4, -0.2) is 51.5 Å². The van der Waals surface area contributed by atoms with Gasteiger partial charge in [-0.25, -0.2) is 4.79 Å². The number of carbonyl (C=O) groups is 2. The van der Waals surface area contributed by atoms with E-state index in [1.165, 1.54) is 14.2 Å². The van der Waals surface area contributed by atoms with Gasteiger partial charge in [-0.15, -0.1) is 0 Å². The summed E-state index contributed by atoms with van der Waals surface area (Å²) in [6.45, 7) is 4.62. The van der Waals surface area contributed by atoms with Crippen LogP contribution in [0.15, 0.2) is 18.2 Å². The highest BCUT2D eigenvalue weighted by atomic mass is 16.6. The maximum atomic E-state index is 12.6. The summed E-state index contributed by atoms with van der Waals surface area (Å²) >= 11 is 0. The Kier molecular flexibility index (Phi) is 7.26. The molecule has 1 heterocycles. The van der Waals surface area contributed by atoms with E-state index in [9.17, 15) is 9.59 Å². The first kappa shape index (κ1) is 20.0. The first-order valence-electron chi connectivity index (χ1n) is 8.76. The molecule has 1 aromatic rings. The SMILES string of the molecule is COc1cc(OC)cc(C(=O)N[C@@H](C(=O)OC[C@@H]2CCCO2)C(C)C)c1. The molecule has 0 unspecified atom stereocenters. The summed E-state index contributed by atoms with van der Waals surface area (Å²) in [6.07, 6.45) is 1.81. The summed E-state index contributed by atoms with van der Waals surface area (Å²) in [4.78, 5) is 25.0. The molecule has 0 aromatic heterocycles. The zero-order valence-corrected chi connectivity index (χ0v) is 15.7. The van der Waals surface area contributed by atoms with E-state index in [2.05, 4.69) is 5.32 Å². The van der Waals surface area contributed by atoms with Gasteiger partial charge >= 0.3 is 5.97 Å². The molecule has 2 atom stereocenters. The fraction of sp³-hybridized carbons (Fsp3) is 0.579. The lowest BCUT2D eigenvalue weighted by Gasteiger charge is -2.22. The number of methoxy groups -OCH3 is 2. The molecule has 1 amide bonds. The number of carbonyl (C=O) groups excluding carboxylic acids is 2. The fourth-order valence-electron chi connectivity index (χ4n) is 2.70. The predicted molar refractivity (Wildman–Crippen MR) is 95.6 cm³/mol. The molecule has 0 spiro atoms. The van der Waals surface area contributed by atoms with Crippen molar-refractivity contribution in [2.45, 2.75) is 38.8 Å². The molecule has 1 aliphatic heterocycles. The molecule has 7 heteroatoms. The van der Waals surface area contributed by atoms with E-state index in [-0.39, 0.29) is 18.6 Å². The third kappa shape index (κ3) is 5.36. The zero-order chi connectivity index (χ0) is 19.1. The van der Waals surface area contributed by atoms with Gasteiger partial charge in [-0.1, -0.05) is 13.8 Å². The summed E-state index contributed by atoms with van der Waals surface area (Å²) in [7, 11) is 3.02. The van der Waals surface area contributed by atoms with Crippen molar-refractivity contribution in [2.75, 3.05) is 27.4 Å². The van der Waals surface area contributed by atoms with Crippen LogP contribution in [0.4, 0.5) is 0 Å². The lowest BCUT2D eigenvalue weighted by atomic mass is 10.0. The lowest BCUT2D eigenvalue weighted by Crippen LogP contribution is -2.45. The van der Waals surface area contributed by atoms with Crippen molar-refractivity contribution in [3.05, 3.63) is 23.8 Å². The normalized spacial score (nSPS) is 17.7. The summed E-state index contributed by atoms with van der Waals surface area (Å²) in [6, 6.07) is 4.10. The minimum Gasteiger partial charge on any atom is -0.497 e. The highest BCUT2D eigenvalue weighted by Gasteiger charge is 2.28. The summed E-state index contributed by atoms with van der Waals surface area (Å²) in [5.74, 6) is 0.0187. The molecule has 1 fully saturated rings. The average molecular weight is 365 g/mol. The molecule has 1 saturated heterocycles. The molecule has 2 rings (SSSR count). The molecule has 0 saturated carbocycles. The number of nitrogens with one attached hydrogen (secondary N) is 1. The van der Waals surface area contributed by atoms with E-state index >= 15 is 0 Å². The first-order valence-corrected chi connectivity index (χ1v) is 8.76. The van der Waals surface area contributed by atoms with Crippen LogP contribution in [0.1, 0.15) is 37.0 Å². The van der Waals surface area contributed by atoms with Gasteiger partial charge in [0.1, 0.15) is 24.1 Å². The largest absolute Gasteiger partial charge is 0.497 e. The lowest BCUT2D eigenvalue weighted by molar-refractivity contribution is -0.150. The van der Waals surface area contributed by atoms with Gasteiger partial charge in [0.15, 0.2) is 0 Å². The summed E-state index contributed by atoms with van der Waals surface area (Å²) in [5, 5.41) is 2.75. The van der Waals surface area contributed by atoms with Crippen LogP contribution in [0, 0.1) is 5.92 Å². The maximum Gasteiger partial charge on any atom is 0.329 e. The van der Waals surface area contributed by atoms with Crippen LogP contribution >= 0.6 is 0 Å². The highest BCUT2D eigenvalue weighted by molar-refractivity contribution is 5.97. The van der Waals surface area contributed by atoms with Crippen LogP contribution in [0.5, 0.6) is 11.5 Å². The van der Waals surface area contributed by atoms with E-state index in [1.54, 1.807) is 18.2 Å². The Balaban J connectivity index is 2.03. The first-order chi connectivity index (χ1) is 12.4. The molecule has 144 valence electrons. The second-order valence-corrected chi connectivity index (χ2v) is 6.56. The van der Waals surface area contributed by atoms with Crippen molar-refractivity contribution < 1.29 is 28.5 Å². The molecular weight excluding hydrogens is 338 g/mol. The summed E-state index contributed by atoms with van der Waals surface area (Å²) in [5.41, 5.74) is 0.346. The van der Waals surface area contributed by atoms with Crippen LogP contribution in [-0.2, 0) is 14.3 Å². The van der Waals surface area contributed by atoms with Crippen LogP contribution in [0.3, 0.4) is 0 Å². The quantitative estimate of drug-likeness (QED) is 0.711. The van der Waals surface area contributed by atoms with Gasteiger partial charge in [-0.2, -0.15) is 0 Å². The van der Waals surface area contributed by atoms with Crippen molar-refractivity contribution >= 4 is 11.9 Å². The van der Waals surface area contributed by atoms with Gasteiger partial charge < -0.3 is 24.3 Å². The topological polar surface area (TPSA) is 83.1 Å². The molecule has 7 nitrogen and oxygen atoms in total. The number of amides is 1. The Labute approximate surface area is 153 Å². The van der Waals surface area contributed by atoms with E-state index in [0.29, 0.717) is 23.7 Å². The fourth-order valence-corrected chi connectivity index (χ4v) is 2.70. The third-order valence-electron chi connectivity index (χ3n) is 4.26. The molecule has 1 N–H and O–H groups in total. The Morgan fingerprint density at radius 3 is 2.35 bits per heavy atom. The van der Waals surface area contributed by atoms with Crippen molar-refractivity contribution in [2.24, 2.45) is 5.92 Å². The number of hydrogen-bond acceptors (Lipinski definition) is 6. The molecule has 1 aromatic carbocycles. The van der Waals surface area contributed by atoms with Crippen molar-refractivity contribution in [3.63, 3.8) is 0 Å².